The zero-order chi connectivity index (χ0) is 19.6. The summed E-state index contributed by atoms with van der Waals surface area (Å²) in [5.41, 5.74) is 8.59. The molecular formula is C21H24N4OS2. The van der Waals surface area contributed by atoms with E-state index < -0.39 is 0 Å². The molecule has 0 spiro atoms. The summed E-state index contributed by atoms with van der Waals surface area (Å²) >= 11 is 3.06. The van der Waals surface area contributed by atoms with Crippen LogP contribution < -0.4 is 5.73 Å². The molecule has 1 saturated heterocycles. The van der Waals surface area contributed by atoms with E-state index in [1.54, 1.807) is 11.3 Å². The molecule has 1 aliphatic rings. The molecule has 146 valence electrons. The highest BCUT2D eigenvalue weighted by molar-refractivity contribution is 7.13. The molecule has 1 aliphatic heterocycles. The van der Waals surface area contributed by atoms with Gasteiger partial charge in [-0.2, -0.15) is 0 Å². The van der Waals surface area contributed by atoms with Crippen LogP contribution in [0.25, 0.3) is 0 Å². The highest BCUT2D eigenvalue weighted by atomic mass is 32.1. The zero-order valence-corrected chi connectivity index (χ0v) is 17.6. The van der Waals surface area contributed by atoms with Gasteiger partial charge < -0.3 is 10.6 Å². The van der Waals surface area contributed by atoms with Crippen LogP contribution in [0.2, 0.25) is 0 Å². The maximum absolute atomic E-state index is 12.9. The molecule has 0 bridgehead atoms. The number of amides is 1. The molecule has 2 N–H and O–H groups in total. The second kappa shape index (κ2) is 8.01. The first-order valence-electron chi connectivity index (χ1n) is 9.63. The molecule has 0 saturated carbocycles. The van der Waals surface area contributed by atoms with E-state index in [1.807, 2.05) is 16.3 Å². The van der Waals surface area contributed by atoms with Gasteiger partial charge in [0.05, 0.1) is 10.7 Å². The van der Waals surface area contributed by atoms with Crippen LogP contribution in [0.1, 0.15) is 52.9 Å². The number of hydrogen-bond acceptors (Lipinski definition) is 6. The molecule has 0 aliphatic carbocycles. The van der Waals surface area contributed by atoms with Gasteiger partial charge in [0.1, 0.15) is 5.69 Å². The summed E-state index contributed by atoms with van der Waals surface area (Å²) in [4.78, 5) is 24.0. The molecule has 3 heterocycles. The number of nitrogens with zero attached hydrogens (tertiary/aromatic N) is 3. The average Bonchev–Trinajstić information content (AvgIpc) is 3.38. The van der Waals surface area contributed by atoms with E-state index in [0.717, 1.165) is 36.4 Å². The molecule has 1 amide bonds. The minimum absolute atomic E-state index is 0.0399. The minimum Gasteiger partial charge on any atom is -0.375 e. The molecule has 3 aromatic rings. The predicted molar refractivity (Wildman–Crippen MR) is 115 cm³/mol. The van der Waals surface area contributed by atoms with Crippen LogP contribution in [-0.4, -0.2) is 33.9 Å². The maximum atomic E-state index is 12.9. The Morgan fingerprint density at radius 3 is 2.54 bits per heavy atom. The van der Waals surface area contributed by atoms with Gasteiger partial charge in [0, 0.05) is 29.3 Å². The highest BCUT2D eigenvalue weighted by Crippen LogP contribution is 2.42. The van der Waals surface area contributed by atoms with E-state index in [-0.39, 0.29) is 11.3 Å². The summed E-state index contributed by atoms with van der Waals surface area (Å²) < 4.78 is 0. The van der Waals surface area contributed by atoms with E-state index in [2.05, 4.69) is 46.5 Å². The van der Waals surface area contributed by atoms with E-state index in [9.17, 15) is 4.79 Å². The van der Waals surface area contributed by atoms with Crippen LogP contribution in [0.3, 0.4) is 0 Å². The molecule has 0 unspecified atom stereocenters. The van der Waals surface area contributed by atoms with Crippen molar-refractivity contribution < 1.29 is 4.79 Å². The fourth-order valence-corrected chi connectivity index (χ4v) is 5.48. The van der Waals surface area contributed by atoms with Crippen molar-refractivity contribution in [1.29, 1.82) is 0 Å². The molecule has 5 nitrogen and oxygen atoms in total. The third-order valence-corrected chi connectivity index (χ3v) is 7.06. The lowest BCUT2D eigenvalue weighted by Crippen LogP contribution is -2.46. The van der Waals surface area contributed by atoms with Crippen molar-refractivity contribution in [2.75, 3.05) is 18.8 Å². The average molecular weight is 413 g/mol. The summed E-state index contributed by atoms with van der Waals surface area (Å²) in [6.07, 6.45) is 3.64. The van der Waals surface area contributed by atoms with Crippen LogP contribution in [0.4, 0.5) is 5.13 Å². The lowest BCUT2D eigenvalue weighted by atomic mass is 9.70. The number of aryl methyl sites for hydroxylation is 1. The van der Waals surface area contributed by atoms with Gasteiger partial charge in [-0.15, -0.1) is 22.7 Å². The molecule has 1 aromatic carbocycles. The van der Waals surface area contributed by atoms with Crippen molar-refractivity contribution in [2.24, 2.45) is 0 Å². The Balaban J connectivity index is 1.56. The van der Waals surface area contributed by atoms with Gasteiger partial charge in [-0.3, -0.25) is 4.79 Å². The summed E-state index contributed by atoms with van der Waals surface area (Å²) in [7, 11) is 0. The Bertz CT molecular complexity index is 942. The first-order chi connectivity index (χ1) is 13.6. The lowest BCUT2D eigenvalue weighted by Gasteiger charge is -2.41. The topological polar surface area (TPSA) is 72.1 Å². The van der Waals surface area contributed by atoms with Crippen molar-refractivity contribution in [3.63, 3.8) is 0 Å². The first-order valence-corrected chi connectivity index (χ1v) is 11.4. The molecule has 0 atom stereocenters. The summed E-state index contributed by atoms with van der Waals surface area (Å²) in [6, 6.07) is 10.5. The summed E-state index contributed by atoms with van der Waals surface area (Å²) in [5, 5.41) is 5.60. The monoisotopic (exact) mass is 412 g/mol. The Hall–Kier alpha value is -2.25. The number of thiazole rings is 2. The fourth-order valence-electron chi connectivity index (χ4n) is 3.95. The van der Waals surface area contributed by atoms with Gasteiger partial charge in [-0.1, -0.05) is 37.3 Å². The summed E-state index contributed by atoms with van der Waals surface area (Å²) in [5.74, 6) is 0.0399. The number of likely N-dealkylation sites (tertiary alicyclic amines) is 1. The number of rotatable bonds is 5. The number of carbonyl (C=O) groups is 1. The van der Waals surface area contributed by atoms with Crippen molar-refractivity contribution >= 4 is 33.7 Å². The number of piperidine rings is 1. The van der Waals surface area contributed by atoms with E-state index in [4.69, 9.17) is 5.73 Å². The third-order valence-electron chi connectivity index (χ3n) is 5.48. The number of nitrogens with two attached hydrogens (primary N) is 1. The van der Waals surface area contributed by atoms with Crippen LogP contribution in [0, 0.1) is 0 Å². The Labute approximate surface area is 173 Å². The Kier molecular flexibility index (Phi) is 5.46. The van der Waals surface area contributed by atoms with Crippen molar-refractivity contribution in [3.05, 3.63) is 63.1 Å². The zero-order valence-electron chi connectivity index (χ0n) is 15.9. The van der Waals surface area contributed by atoms with Crippen LogP contribution in [-0.2, 0) is 11.8 Å². The molecule has 2 aromatic heterocycles. The van der Waals surface area contributed by atoms with Gasteiger partial charge >= 0.3 is 0 Å². The SMILES string of the molecule is CCCc1nc(C(=O)N2CCC(c3ccccc3)(c3csc(N)n3)CC2)cs1. The Morgan fingerprint density at radius 2 is 1.89 bits per heavy atom. The van der Waals surface area contributed by atoms with Crippen molar-refractivity contribution in [1.82, 2.24) is 14.9 Å². The quantitative estimate of drug-likeness (QED) is 0.676. The van der Waals surface area contributed by atoms with Gasteiger partial charge in [0.25, 0.3) is 5.91 Å². The van der Waals surface area contributed by atoms with E-state index >= 15 is 0 Å². The maximum Gasteiger partial charge on any atom is 0.273 e. The molecule has 28 heavy (non-hydrogen) atoms. The van der Waals surface area contributed by atoms with Crippen molar-refractivity contribution in [3.8, 4) is 0 Å². The lowest BCUT2D eigenvalue weighted by molar-refractivity contribution is 0.0679. The van der Waals surface area contributed by atoms with Gasteiger partial charge in [-0.05, 0) is 31.2 Å². The first kappa shape index (κ1) is 19.1. The molecular weight excluding hydrogens is 388 g/mol. The second-order valence-electron chi connectivity index (χ2n) is 7.19. The largest absolute Gasteiger partial charge is 0.375 e. The number of nitrogen functional groups attached to an aromatic ring is 1. The highest BCUT2D eigenvalue weighted by Gasteiger charge is 2.41. The summed E-state index contributed by atoms with van der Waals surface area (Å²) in [6.45, 7) is 3.50. The van der Waals surface area contributed by atoms with Crippen LogP contribution in [0.15, 0.2) is 41.1 Å². The van der Waals surface area contributed by atoms with Crippen molar-refractivity contribution in [2.45, 2.75) is 38.0 Å². The second-order valence-corrected chi connectivity index (χ2v) is 9.02. The number of aromatic nitrogens is 2. The third kappa shape index (κ3) is 3.56. The number of benzene rings is 1. The van der Waals surface area contributed by atoms with Gasteiger partial charge in [-0.25, -0.2) is 9.97 Å². The molecule has 7 heteroatoms. The number of carbonyl (C=O) groups excluding carboxylic acids is 1. The van der Waals surface area contributed by atoms with E-state index in [1.165, 1.54) is 16.9 Å². The molecule has 0 radical (unpaired) electrons. The Morgan fingerprint density at radius 1 is 1.14 bits per heavy atom. The standard InChI is InChI=1S/C21H24N4OS2/c1-2-6-18-23-16(13-27-18)19(26)25-11-9-21(10-12-25,15-7-4-3-5-8-15)17-14-28-20(22)24-17/h3-5,7-8,13-14H,2,6,9-12H2,1H3,(H2,22,24). The molecule has 4 rings (SSSR count). The fraction of sp³-hybridized carbons (Fsp3) is 0.381. The number of hydrogen-bond donors (Lipinski definition) is 1. The molecule has 1 fully saturated rings. The van der Waals surface area contributed by atoms with Gasteiger partial charge in [0.2, 0.25) is 0 Å². The smallest absolute Gasteiger partial charge is 0.273 e. The van der Waals surface area contributed by atoms with E-state index in [0.29, 0.717) is 23.9 Å². The van der Waals surface area contributed by atoms with Gasteiger partial charge in [0.15, 0.2) is 5.13 Å². The van der Waals surface area contributed by atoms with Crippen LogP contribution in [0.5, 0.6) is 0 Å². The minimum atomic E-state index is -0.193. The predicted octanol–water partition coefficient (Wildman–Crippen LogP) is 4.36. The van der Waals surface area contributed by atoms with Crippen LogP contribution >= 0.6 is 22.7 Å². The normalized spacial score (nSPS) is 16.2. The number of anilines is 1.